The van der Waals surface area contributed by atoms with E-state index in [9.17, 15) is 18.0 Å². The highest BCUT2D eigenvalue weighted by molar-refractivity contribution is 8.26. The van der Waals surface area contributed by atoms with Crippen LogP contribution in [0.15, 0.2) is 45.7 Å². The highest BCUT2D eigenvalue weighted by Crippen LogP contribution is 2.33. The normalized spacial score (nSPS) is 21.9. The van der Waals surface area contributed by atoms with Crippen molar-refractivity contribution in [3.63, 3.8) is 0 Å². The molecule has 2 aromatic rings. The molecule has 3 aliphatic rings. The molecule has 12 heteroatoms. The van der Waals surface area contributed by atoms with E-state index in [2.05, 4.69) is 4.90 Å². The van der Waals surface area contributed by atoms with Gasteiger partial charge in [0, 0.05) is 43.2 Å². The molecule has 4 heterocycles. The molecule has 0 bridgehead atoms. The number of amides is 2. The molecule has 3 saturated heterocycles. The Morgan fingerprint density at radius 1 is 1.15 bits per heavy atom. The van der Waals surface area contributed by atoms with Crippen LogP contribution >= 0.6 is 35.6 Å². The summed E-state index contributed by atoms with van der Waals surface area (Å²) < 4.78 is 31.0. The first-order chi connectivity index (χ1) is 19.2. The first-order valence-electron chi connectivity index (χ1n) is 13.5. The van der Waals surface area contributed by atoms with Gasteiger partial charge in [-0.15, -0.1) is 0 Å². The van der Waals surface area contributed by atoms with E-state index in [0.29, 0.717) is 39.4 Å². The number of thioether (sulfide) groups is 1. The fourth-order valence-electron chi connectivity index (χ4n) is 5.28. The summed E-state index contributed by atoms with van der Waals surface area (Å²) in [6.07, 6.45) is 6.24. The van der Waals surface area contributed by atoms with Gasteiger partial charge >= 0.3 is 0 Å². The minimum absolute atomic E-state index is 0.0391. The summed E-state index contributed by atoms with van der Waals surface area (Å²) in [5.74, 6) is 1.14. The van der Waals surface area contributed by atoms with E-state index in [0.717, 1.165) is 37.4 Å². The Morgan fingerprint density at radius 2 is 1.90 bits per heavy atom. The Balaban J connectivity index is 1.21. The van der Waals surface area contributed by atoms with Gasteiger partial charge in [0.1, 0.15) is 10.1 Å². The molecule has 0 radical (unpaired) electrons. The van der Waals surface area contributed by atoms with Gasteiger partial charge in [-0.25, -0.2) is 8.42 Å². The van der Waals surface area contributed by atoms with Crippen molar-refractivity contribution in [2.75, 3.05) is 36.0 Å². The molecule has 8 nitrogen and oxygen atoms in total. The minimum atomic E-state index is -3.18. The van der Waals surface area contributed by atoms with Crippen molar-refractivity contribution < 1.29 is 22.4 Å². The molecule has 0 N–H and O–H groups in total. The van der Waals surface area contributed by atoms with Crippen molar-refractivity contribution in [3.8, 4) is 0 Å². The molecule has 1 aromatic carbocycles. The lowest BCUT2D eigenvalue weighted by Gasteiger charge is -2.28. The molecule has 3 aliphatic heterocycles. The molecular formula is C28H32ClN3O5S3. The first-order valence-corrected chi connectivity index (χ1v) is 17.0. The van der Waals surface area contributed by atoms with E-state index in [1.54, 1.807) is 23.1 Å². The van der Waals surface area contributed by atoms with Gasteiger partial charge in [-0.1, -0.05) is 47.7 Å². The molecule has 3 fully saturated rings. The van der Waals surface area contributed by atoms with Gasteiger partial charge in [-0.2, -0.15) is 0 Å². The number of thiocarbonyl (C=S) groups is 1. The SMILES string of the molecule is O=C1/C(=C/c2ccc(Cl)cc2)SC(=S)N1CCCC(=O)N(Cc1ccc(N2CCCCC2)o1)C1CCS(=O)(=O)C1. The van der Waals surface area contributed by atoms with E-state index < -0.39 is 9.84 Å². The number of halogens is 1. The van der Waals surface area contributed by atoms with Crippen molar-refractivity contribution >= 4 is 73.5 Å². The zero-order chi connectivity index (χ0) is 28.3. The second kappa shape index (κ2) is 12.7. The van der Waals surface area contributed by atoms with Crippen molar-refractivity contribution in [2.24, 2.45) is 0 Å². The van der Waals surface area contributed by atoms with Crippen LogP contribution in [0.25, 0.3) is 6.08 Å². The number of rotatable bonds is 9. The lowest BCUT2D eigenvalue weighted by molar-refractivity contribution is -0.134. The second-order valence-corrected chi connectivity index (χ2v) is 14.7. The Kier molecular flexibility index (Phi) is 9.24. The van der Waals surface area contributed by atoms with Crippen molar-refractivity contribution in [1.82, 2.24) is 9.80 Å². The Hall–Kier alpha value is -2.34. The summed E-state index contributed by atoms with van der Waals surface area (Å²) in [4.78, 5) is 32.3. The van der Waals surface area contributed by atoms with Crippen molar-refractivity contribution in [1.29, 1.82) is 0 Å². The molecule has 214 valence electrons. The van der Waals surface area contributed by atoms with Crippen LogP contribution in [-0.4, -0.2) is 71.5 Å². The summed E-state index contributed by atoms with van der Waals surface area (Å²) in [5, 5.41) is 0.619. The maximum atomic E-state index is 13.4. The average Bonchev–Trinajstić information content (AvgIpc) is 3.62. The predicted molar refractivity (Wildman–Crippen MR) is 163 cm³/mol. The number of hydrogen-bond acceptors (Lipinski definition) is 8. The zero-order valence-corrected chi connectivity index (χ0v) is 25.3. The van der Waals surface area contributed by atoms with E-state index >= 15 is 0 Å². The molecule has 1 atom stereocenters. The van der Waals surface area contributed by atoms with Gasteiger partial charge in [-0.05, 0) is 61.9 Å². The fourth-order valence-corrected chi connectivity index (χ4v) is 8.45. The highest BCUT2D eigenvalue weighted by Gasteiger charge is 2.36. The van der Waals surface area contributed by atoms with Crippen LogP contribution < -0.4 is 4.90 Å². The topological polar surface area (TPSA) is 91.1 Å². The van der Waals surface area contributed by atoms with Crippen molar-refractivity contribution in [3.05, 3.63) is 57.6 Å². The molecule has 0 saturated carbocycles. The third kappa shape index (κ3) is 7.10. The van der Waals surface area contributed by atoms with Crippen LogP contribution in [0.5, 0.6) is 0 Å². The maximum Gasteiger partial charge on any atom is 0.266 e. The molecule has 0 spiro atoms. The van der Waals surface area contributed by atoms with E-state index in [-0.39, 0.29) is 42.3 Å². The van der Waals surface area contributed by atoms with Crippen LogP contribution in [0.2, 0.25) is 5.02 Å². The van der Waals surface area contributed by atoms with Crippen LogP contribution in [-0.2, 0) is 26.0 Å². The number of anilines is 1. The summed E-state index contributed by atoms with van der Waals surface area (Å²) in [7, 11) is -3.18. The number of hydrogen-bond donors (Lipinski definition) is 0. The number of carbonyl (C=O) groups is 2. The summed E-state index contributed by atoms with van der Waals surface area (Å²) in [6.45, 7) is 2.42. The molecule has 2 amide bonds. The minimum Gasteiger partial charge on any atom is -0.444 e. The number of piperidine rings is 1. The molecule has 40 heavy (non-hydrogen) atoms. The monoisotopic (exact) mass is 621 g/mol. The van der Waals surface area contributed by atoms with Gasteiger partial charge < -0.3 is 14.2 Å². The largest absolute Gasteiger partial charge is 0.444 e. The standard InChI is InChI=1S/C28H32ClN3O5S3/c29-21-8-6-20(7-9-21)17-24-27(34)31(28(38)39-24)15-4-5-25(33)32(22-12-16-40(35,36)19-22)18-23-10-11-26(37-23)30-13-2-1-3-14-30/h6-11,17,22H,1-5,12-16,18-19H2/b24-17-. The molecule has 1 aromatic heterocycles. The van der Waals surface area contributed by atoms with Crippen molar-refractivity contribution in [2.45, 2.75) is 51.1 Å². The smallest absolute Gasteiger partial charge is 0.266 e. The summed E-state index contributed by atoms with van der Waals surface area (Å²) in [6, 6.07) is 10.6. The lowest BCUT2D eigenvalue weighted by Crippen LogP contribution is -2.41. The van der Waals surface area contributed by atoms with Crippen LogP contribution in [0.4, 0.5) is 5.88 Å². The summed E-state index contributed by atoms with van der Waals surface area (Å²) >= 11 is 12.6. The number of carbonyl (C=O) groups excluding carboxylic acids is 2. The number of sulfone groups is 1. The highest BCUT2D eigenvalue weighted by atomic mass is 35.5. The lowest BCUT2D eigenvalue weighted by atomic mass is 10.1. The van der Waals surface area contributed by atoms with Crippen LogP contribution in [0, 0.1) is 0 Å². The maximum absolute atomic E-state index is 13.4. The Bertz CT molecular complexity index is 1400. The van der Waals surface area contributed by atoms with Gasteiger partial charge in [0.25, 0.3) is 5.91 Å². The molecule has 0 aliphatic carbocycles. The quantitative estimate of drug-likeness (QED) is 0.282. The second-order valence-electron chi connectivity index (χ2n) is 10.4. The molecule has 5 rings (SSSR count). The predicted octanol–water partition coefficient (Wildman–Crippen LogP) is 5.12. The third-order valence-electron chi connectivity index (χ3n) is 7.42. The molecule has 1 unspecified atom stereocenters. The number of furan rings is 1. The zero-order valence-electron chi connectivity index (χ0n) is 22.1. The fraction of sp³-hybridized carbons (Fsp3) is 0.464. The van der Waals surface area contributed by atoms with E-state index in [4.69, 9.17) is 28.2 Å². The van der Waals surface area contributed by atoms with Gasteiger partial charge in [0.15, 0.2) is 15.7 Å². The Morgan fingerprint density at radius 3 is 2.60 bits per heavy atom. The third-order valence-corrected chi connectivity index (χ3v) is 10.8. The van der Waals surface area contributed by atoms with Crippen LogP contribution in [0.1, 0.15) is 49.8 Å². The average molecular weight is 622 g/mol. The van der Waals surface area contributed by atoms with Crippen LogP contribution in [0.3, 0.4) is 0 Å². The van der Waals surface area contributed by atoms with E-state index in [1.807, 2.05) is 24.3 Å². The number of nitrogens with zero attached hydrogens (tertiary/aromatic N) is 3. The van der Waals surface area contributed by atoms with Gasteiger partial charge in [0.05, 0.1) is 23.0 Å². The van der Waals surface area contributed by atoms with E-state index in [1.165, 1.54) is 23.1 Å². The summed E-state index contributed by atoms with van der Waals surface area (Å²) in [5.41, 5.74) is 0.851. The van der Waals surface area contributed by atoms with Gasteiger partial charge in [0.2, 0.25) is 5.91 Å². The number of benzene rings is 1. The molecular weight excluding hydrogens is 590 g/mol. The van der Waals surface area contributed by atoms with Gasteiger partial charge in [-0.3, -0.25) is 14.5 Å². The first kappa shape index (κ1) is 29.2. The Labute approximate surface area is 249 Å².